The predicted octanol–water partition coefficient (Wildman–Crippen LogP) is -1.30. The number of carbonyl (C=O) groups is 2. The van der Waals surface area contributed by atoms with Crippen LogP contribution >= 0.6 is 0 Å². The van der Waals surface area contributed by atoms with Crippen LogP contribution in [0.15, 0.2) is 48.5 Å². The molecule has 0 saturated carbocycles. The fraction of sp³-hybridized carbons (Fsp3) is 0.0526. The first-order chi connectivity index (χ1) is 15.3. The normalized spacial score (nSPS) is 10.8. The first kappa shape index (κ1) is 20.9. The Labute approximate surface area is 181 Å². The zero-order valence-electron chi connectivity index (χ0n) is 16.5. The maximum atomic E-state index is 11.8. The molecule has 2 amide bonds. The molecule has 160 valence electrons. The number of nitrogens with zero attached hydrogens (tertiary/aromatic N) is 5. The minimum atomic E-state index is -1.59. The van der Waals surface area contributed by atoms with Gasteiger partial charge in [0.1, 0.15) is 17.0 Å². The lowest BCUT2D eigenvalue weighted by atomic mass is 9.80. The summed E-state index contributed by atoms with van der Waals surface area (Å²) in [6, 6.07) is 12.8. The molecule has 0 aliphatic carbocycles. The largest absolute Gasteiger partial charge is 0.488 e. The van der Waals surface area contributed by atoms with E-state index < -0.39 is 18.9 Å². The quantitative estimate of drug-likeness (QED) is 0.221. The lowest BCUT2D eigenvalue weighted by molar-refractivity contribution is 0.0989. The van der Waals surface area contributed by atoms with Crippen molar-refractivity contribution in [3.63, 3.8) is 0 Å². The molecule has 0 radical (unpaired) electrons. The summed E-state index contributed by atoms with van der Waals surface area (Å²) in [4.78, 5) is 32.0. The summed E-state index contributed by atoms with van der Waals surface area (Å²) < 4.78 is 1.27. The van der Waals surface area contributed by atoms with Crippen molar-refractivity contribution in [2.24, 2.45) is 11.5 Å². The van der Waals surface area contributed by atoms with Gasteiger partial charge in [-0.3, -0.25) is 9.59 Å². The van der Waals surface area contributed by atoms with Crippen LogP contribution in [0.3, 0.4) is 0 Å². The van der Waals surface area contributed by atoms with Crippen molar-refractivity contribution < 1.29 is 19.6 Å². The van der Waals surface area contributed by atoms with Crippen LogP contribution in [0.4, 0.5) is 5.82 Å². The van der Waals surface area contributed by atoms with Gasteiger partial charge in [0.25, 0.3) is 17.8 Å². The fourth-order valence-corrected chi connectivity index (χ4v) is 3.09. The molecule has 13 heteroatoms. The molecule has 0 atom stereocenters. The Hall–Kier alpha value is -4.36. The number of rotatable bonds is 7. The highest BCUT2D eigenvalue weighted by atomic mass is 16.4. The van der Waals surface area contributed by atoms with Gasteiger partial charge in [-0.1, -0.05) is 35.5 Å². The third-order valence-corrected chi connectivity index (χ3v) is 4.62. The van der Waals surface area contributed by atoms with E-state index in [0.29, 0.717) is 11.0 Å². The van der Waals surface area contributed by atoms with E-state index in [4.69, 9.17) is 11.5 Å². The molecule has 2 aromatic heterocycles. The van der Waals surface area contributed by atoms with Gasteiger partial charge >= 0.3 is 7.12 Å². The van der Waals surface area contributed by atoms with E-state index in [1.165, 1.54) is 16.8 Å². The van der Waals surface area contributed by atoms with Crippen molar-refractivity contribution in [3.05, 3.63) is 65.4 Å². The smallest absolute Gasteiger partial charge is 0.423 e. The Balaban J connectivity index is 1.71. The number of benzene rings is 2. The molecule has 7 N–H and O–H groups in total. The Morgan fingerprint density at radius 3 is 2.53 bits per heavy atom. The molecule has 0 aliphatic heterocycles. The second kappa shape index (κ2) is 8.41. The molecule has 0 saturated heterocycles. The van der Waals surface area contributed by atoms with Crippen LogP contribution in [0.5, 0.6) is 0 Å². The average Bonchev–Trinajstić information content (AvgIpc) is 3.21. The van der Waals surface area contributed by atoms with Gasteiger partial charge < -0.3 is 26.8 Å². The Morgan fingerprint density at radius 1 is 1.03 bits per heavy atom. The number of aromatic nitrogens is 5. The Morgan fingerprint density at radius 2 is 1.81 bits per heavy atom. The molecule has 32 heavy (non-hydrogen) atoms. The zero-order valence-corrected chi connectivity index (χ0v) is 16.5. The molecule has 0 bridgehead atoms. The molecule has 0 aliphatic rings. The Kier molecular flexibility index (Phi) is 5.49. The van der Waals surface area contributed by atoms with Crippen LogP contribution in [0.1, 0.15) is 26.4 Å². The van der Waals surface area contributed by atoms with Gasteiger partial charge in [0.15, 0.2) is 0 Å². The standard InChI is InChI=1S/C19H17BN8O4/c21-17(29)12-5-2-6-14-16(12)26-27-28(14)19-24-13(18(22)30)8-15(25-19)23-9-10-3-1-4-11(7-10)20(31)32/h1-8,31-32H,9H2,(H2,21,29)(H2,22,30)(H,23,24,25). The van der Waals surface area contributed by atoms with Crippen molar-refractivity contribution in [1.29, 1.82) is 0 Å². The van der Waals surface area contributed by atoms with Crippen LogP contribution in [0.2, 0.25) is 0 Å². The summed E-state index contributed by atoms with van der Waals surface area (Å²) in [5.74, 6) is -1.16. The second-order valence-corrected chi connectivity index (χ2v) is 6.81. The van der Waals surface area contributed by atoms with Gasteiger partial charge in [-0.2, -0.15) is 9.67 Å². The van der Waals surface area contributed by atoms with Crippen molar-refractivity contribution in [2.75, 3.05) is 5.32 Å². The minimum absolute atomic E-state index is 0.00690. The predicted molar refractivity (Wildman–Crippen MR) is 115 cm³/mol. The minimum Gasteiger partial charge on any atom is -0.423 e. The molecule has 12 nitrogen and oxygen atoms in total. The van der Waals surface area contributed by atoms with Gasteiger partial charge in [-0.25, -0.2) is 4.98 Å². The molecule has 0 spiro atoms. The maximum Gasteiger partial charge on any atom is 0.488 e. The highest BCUT2D eigenvalue weighted by Crippen LogP contribution is 2.19. The third kappa shape index (κ3) is 4.10. The molecule has 2 heterocycles. The summed E-state index contributed by atoms with van der Waals surface area (Å²) in [7, 11) is -1.59. The second-order valence-electron chi connectivity index (χ2n) is 6.81. The van der Waals surface area contributed by atoms with Crippen LogP contribution in [0.25, 0.3) is 17.0 Å². The van der Waals surface area contributed by atoms with Gasteiger partial charge in [0, 0.05) is 12.6 Å². The molecule has 0 fully saturated rings. The van der Waals surface area contributed by atoms with Crippen LogP contribution in [0, 0.1) is 0 Å². The number of nitrogens with one attached hydrogen (secondary N) is 1. The molecule has 0 unspecified atom stereocenters. The third-order valence-electron chi connectivity index (χ3n) is 4.62. The number of amides is 2. The van der Waals surface area contributed by atoms with Crippen LogP contribution in [-0.2, 0) is 6.54 Å². The summed E-state index contributed by atoms with van der Waals surface area (Å²) in [5.41, 5.74) is 12.7. The lowest BCUT2D eigenvalue weighted by Gasteiger charge is -2.10. The number of hydrogen-bond acceptors (Lipinski definition) is 9. The van der Waals surface area contributed by atoms with E-state index in [1.807, 2.05) is 0 Å². The van der Waals surface area contributed by atoms with E-state index in [2.05, 4.69) is 25.6 Å². The summed E-state index contributed by atoms with van der Waals surface area (Å²) in [6.07, 6.45) is 0. The first-order valence-corrected chi connectivity index (χ1v) is 9.36. The maximum absolute atomic E-state index is 11.8. The molecule has 4 rings (SSSR count). The molecule has 4 aromatic rings. The monoisotopic (exact) mass is 432 g/mol. The van der Waals surface area contributed by atoms with Gasteiger partial charge in [0.2, 0.25) is 0 Å². The molecular weight excluding hydrogens is 415 g/mol. The topological polar surface area (TPSA) is 195 Å². The van der Waals surface area contributed by atoms with E-state index in [9.17, 15) is 19.6 Å². The van der Waals surface area contributed by atoms with E-state index in [1.54, 1.807) is 36.4 Å². The molecule has 2 aromatic carbocycles. The lowest BCUT2D eigenvalue weighted by Crippen LogP contribution is -2.30. The number of hydrogen-bond donors (Lipinski definition) is 5. The fourth-order valence-electron chi connectivity index (χ4n) is 3.09. The van der Waals surface area contributed by atoms with Crippen LogP contribution in [-0.4, -0.2) is 53.9 Å². The SMILES string of the molecule is NC(=O)c1cc(NCc2cccc(B(O)O)c2)nc(-n2nnc3c(C(N)=O)cccc32)n1. The number of fused-ring (bicyclic) bond motifs is 1. The highest BCUT2D eigenvalue weighted by Gasteiger charge is 2.17. The van der Waals surface area contributed by atoms with Crippen molar-refractivity contribution in [2.45, 2.75) is 6.54 Å². The highest BCUT2D eigenvalue weighted by molar-refractivity contribution is 6.58. The number of primary amides is 2. The van der Waals surface area contributed by atoms with E-state index in [-0.39, 0.29) is 35.1 Å². The van der Waals surface area contributed by atoms with Gasteiger partial charge in [0.05, 0.1) is 11.1 Å². The van der Waals surface area contributed by atoms with Crippen molar-refractivity contribution in [1.82, 2.24) is 25.0 Å². The summed E-state index contributed by atoms with van der Waals surface area (Å²) >= 11 is 0. The summed E-state index contributed by atoms with van der Waals surface area (Å²) in [6.45, 7) is 0.263. The number of anilines is 1. The van der Waals surface area contributed by atoms with Crippen LogP contribution < -0.4 is 22.2 Å². The number of carbonyl (C=O) groups excluding carboxylic acids is 2. The van der Waals surface area contributed by atoms with Crippen molar-refractivity contribution in [3.8, 4) is 5.95 Å². The van der Waals surface area contributed by atoms with Gasteiger partial charge in [-0.05, 0) is 23.2 Å². The first-order valence-electron chi connectivity index (χ1n) is 9.36. The summed E-state index contributed by atoms with van der Waals surface area (Å²) in [5, 5.41) is 29.7. The zero-order chi connectivity index (χ0) is 22.8. The number of nitrogens with two attached hydrogens (primary N) is 2. The Bertz CT molecular complexity index is 1340. The molecular formula is C19H17BN8O4. The van der Waals surface area contributed by atoms with Gasteiger partial charge in [-0.15, -0.1) is 5.10 Å². The van der Waals surface area contributed by atoms with Crippen molar-refractivity contribution >= 4 is 41.2 Å². The average molecular weight is 432 g/mol. The van der Waals surface area contributed by atoms with E-state index in [0.717, 1.165) is 5.56 Å². The van der Waals surface area contributed by atoms with E-state index >= 15 is 0 Å².